The van der Waals surface area contributed by atoms with Crippen LogP contribution in [0.4, 0.5) is 11.5 Å². The summed E-state index contributed by atoms with van der Waals surface area (Å²) in [7, 11) is 5.20. The Labute approximate surface area is 237 Å². The number of anilines is 2. The van der Waals surface area contributed by atoms with Crippen LogP contribution in [0.1, 0.15) is 5.56 Å². The third kappa shape index (κ3) is 7.15. The van der Waals surface area contributed by atoms with Gasteiger partial charge in [0.15, 0.2) is 16.7 Å². The third-order valence-electron chi connectivity index (χ3n) is 6.39. The number of carbonyl (C=O) groups excluding carboxylic acids is 1. The maximum atomic E-state index is 12.9. The van der Waals surface area contributed by atoms with Gasteiger partial charge in [-0.3, -0.25) is 4.79 Å². The number of benzene rings is 2. The van der Waals surface area contributed by atoms with Crippen LogP contribution in [0.5, 0.6) is 11.5 Å². The largest absolute Gasteiger partial charge is 0.493 e. The zero-order valence-corrected chi connectivity index (χ0v) is 24.0. The molecule has 0 atom stereocenters. The van der Waals surface area contributed by atoms with Gasteiger partial charge in [-0.25, -0.2) is 9.97 Å². The van der Waals surface area contributed by atoms with E-state index in [2.05, 4.69) is 14.9 Å². The molecular weight excluding hydrogens is 545 g/mol. The molecule has 1 saturated heterocycles. The predicted molar refractivity (Wildman–Crippen MR) is 155 cm³/mol. The summed E-state index contributed by atoms with van der Waals surface area (Å²) in [5, 5.41) is 1.55. The molecule has 0 unspecified atom stereocenters. The molecule has 0 aliphatic carbocycles. The number of thioether (sulfide) groups is 1. The minimum atomic E-state index is 0.0562. The molecule has 2 aromatic carbocycles. The van der Waals surface area contributed by atoms with Crippen molar-refractivity contribution in [1.82, 2.24) is 14.9 Å². The number of hydrogen-bond donors (Lipinski definition) is 0. The average molecular weight is 577 g/mol. The number of methoxy groups -OCH3 is 2. The van der Waals surface area contributed by atoms with Crippen LogP contribution in [0.2, 0.25) is 10.2 Å². The summed E-state index contributed by atoms with van der Waals surface area (Å²) >= 11 is 13.9. The summed E-state index contributed by atoms with van der Waals surface area (Å²) in [6, 6.07) is 15.4. The van der Waals surface area contributed by atoms with Gasteiger partial charge in [0.2, 0.25) is 5.91 Å². The van der Waals surface area contributed by atoms with Crippen molar-refractivity contribution < 1.29 is 14.3 Å². The first-order chi connectivity index (χ1) is 18.4. The van der Waals surface area contributed by atoms with E-state index in [1.807, 2.05) is 59.3 Å². The third-order valence-corrected chi connectivity index (χ3v) is 7.73. The summed E-state index contributed by atoms with van der Waals surface area (Å²) < 4.78 is 10.7. The minimum Gasteiger partial charge on any atom is -0.493 e. The first kappa shape index (κ1) is 28.1. The number of carbonyl (C=O) groups is 1. The molecule has 0 spiro atoms. The van der Waals surface area contributed by atoms with Crippen LogP contribution in [-0.2, 0) is 11.2 Å². The monoisotopic (exact) mass is 575 g/mol. The highest BCUT2D eigenvalue weighted by Crippen LogP contribution is 2.29. The first-order valence-corrected chi connectivity index (χ1v) is 14.0. The summed E-state index contributed by atoms with van der Waals surface area (Å²) in [5.41, 5.74) is 2.12. The van der Waals surface area contributed by atoms with Crippen molar-refractivity contribution in [2.75, 3.05) is 69.5 Å². The standard InChI is InChI=1S/C27H31Cl2N5O3S/c1-32(11-10-19-8-9-22(36-2)23(16-19)37-3)25-17-24(29)30-27(31-25)38-18-26(35)34-14-12-33(13-15-34)21-7-5-4-6-20(21)28/h4-9,16-17H,10-15,18H2,1-3H3. The van der Waals surface area contributed by atoms with Crippen molar-refractivity contribution in [2.45, 2.75) is 11.6 Å². The fourth-order valence-corrected chi connectivity index (χ4v) is 5.45. The van der Waals surface area contributed by atoms with Crippen LogP contribution in [0.15, 0.2) is 53.7 Å². The van der Waals surface area contributed by atoms with E-state index < -0.39 is 0 Å². The Morgan fingerprint density at radius 1 is 1.00 bits per heavy atom. The first-order valence-electron chi connectivity index (χ1n) is 12.2. The summed E-state index contributed by atoms with van der Waals surface area (Å²) in [5.74, 6) is 2.41. The molecule has 1 aromatic heterocycles. The minimum absolute atomic E-state index is 0.0562. The number of ether oxygens (including phenoxy) is 2. The Bertz CT molecular complexity index is 1260. The predicted octanol–water partition coefficient (Wildman–Crippen LogP) is 4.92. The van der Waals surface area contributed by atoms with Gasteiger partial charge in [-0.05, 0) is 36.2 Å². The van der Waals surface area contributed by atoms with E-state index in [0.29, 0.717) is 47.3 Å². The van der Waals surface area contributed by atoms with Crippen LogP contribution in [0, 0.1) is 0 Å². The zero-order chi connectivity index (χ0) is 27.1. The van der Waals surface area contributed by atoms with E-state index >= 15 is 0 Å². The van der Waals surface area contributed by atoms with E-state index in [1.165, 1.54) is 11.8 Å². The van der Waals surface area contributed by atoms with Crippen molar-refractivity contribution in [3.8, 4) is 11.5 Å². The lowest BCUT2D eigenvalue weighted by Crippen LogP contribution is -2.49. The molecular formula is C27H31Cl2N5O3S. The number of nitrogens with zero attached hydrogens (tertiary/aromatic N) is 5. The highest BCUT2D eigenvalue weighted by molar-refractivity contribution is 7.99. The number of amides is 1. The molecule has 8 nitrogen and oxygen atoms in total. The van der Waals surface area contributed by atoms with E-state index in [1.54, 1.807) is 20.3 Å². The van der Waals surface area contributed by atoms with Crippen molar-refractivity contribution in [2.24, 2.45) is 0 Å². The average Bonchev–Trinajstić information content (AvgIpc) is 2.94. The molecule has 38 heavy (non-hydrogen) atoms. The molecule has 1 fully saturated rings. The lowest BCUT2D eigenvalue weighted by atomic mass is 10.1. The second-order valence-corrected chi connectivity index (χ2v) is 10.5. The second kappa shape index (κ2) is 13.3. The van der Waals surface area contributed by atoms with Crippen molar-refractivity contribution >= 4 is 52.4 Å². The molecule has 0 radical (unpaired) electrons. The summed E-state index contributed by atoms with van der Waals surface area (Å²) in [4.78, 5) is 28.0. The Kier molecular flexibility index (Phi) is 9.82. The second-order valence-electron chi connectivity index (χ2n) is 8.80. The van der Waals surface area contributed by atoms with Crippen molar-refractivity contribution in [3.05, 3.63) is 64.3 Å². The van der Waals surface area contributed by atoms with Gasteiger partial charge in [0.1, 0.15) is 11.0 Å². The van der Waals surface area contributed by atoms with Crippen molar-refractivity contribution in [1.29, 1.82) is 0 Å². The molecule has 1 amide bonds. The number of piperazine rings is 1. The lowest BCUT2D eigenvalue weighted by molar-refractivity contribution is -0.128. The van der Waals surface area contributed by atoms with Gasteiger partial charge >= 0.3 is 0 Å². The Morgan fingerprint density at radius 3 is 2.45 bits per heavy atom. The van der Waals surface area contributed by atoms with Gasteiger partial charge in [-0.2, -0.15) is 0 Å². The molecule has 3 aromatic rings. The quantitative estimate of drug-likeness (QED) is 0.192. The van der Waals surface area contributed by atoms with Crippen LogP contribution in [0.25, 0.3) is 0 Å². The fraction of sp³-hybridized carbons (Fsp3) is 0.370. The molecule has 1 aliphatic rings. The molecule has 202 valence electrons. The number of aromatic nitrogens is 2. The van der Waals surface area contributed by atoms with Gasteiger partial charge in [-0.15, -0.1) is 0 Å². The zero-order valence-electron chi connectivity index (χ0n) is 21.7. The molecule has 1 aliphatic heterocycles. The molecule has 4 rings (SSSR count). The molecule has 11 heteroatoms. The number of para-hydroxylation sites is 1. The van der Waals surface area contributed by atoms with Gasteiger partial charge < -0.3 is 24.2 Å². The summed E-state index contributed by atoms with van der Waals surface area (Å²) in [6.45, 7) is 3.48. The number of likely N-dealkylation sites (N-methyl/N-ethyl adjacent to an activating group) is 1. The van der Waals surface area contributed by atoms with E-state index in [-0.39, 0.29) is 11.7 Å². The van der Waals surface area contributed by atoms with Crippen molar-refractivity contribution in [3.63, 3.8) is 0 Å². The molecule has 0 N–H and O–H groups in total. The molecule has 2 heterocycles. The topological polar surface area (TPSA) is 71.0 Å². The highest BCUT2D eigenvalue weighted by Gasteiger charge is 2.23. The maximum absolute atomic E-state index is 12.9. The van der Waals surface area contributed by atoms with Gasteiger partial charge in [0, 0.05) is 45.8 Å². The highest BCUT2D eigenvalue weighted by atomic mass is 35.5. The van der Waals surface area contributed by atoms with Crippen LogP contribution in [0.3, 0.4) is 0 Å². The maximum Gasteiger partial charge on any atom is 0.233 e. The van der Waals surface area contributed by atoms with E-state index in [4.69, 9.17) is 32.7 Å². The smallest absolute Gasteiger partial charge is 0.233 e. The lowest BCUT2D eigenvalue weighted by Gasteiger charge is -2.36. The van der Waals surface area contributed by atoms with Gasteiger partial charge in [0.05, 0.1) is 30.7 Å². The number of halogens is 2. The number of rotatable bonds is 10. The normalized spacial score (nSPS) is 13.4. The fourth-order valence-electron chi connectivity index (χ4n) is 4.22. The van der Waals surface area contributed by atoms with Crippen LogP contribution >= 0.6 is 35.0 Å². The Morgan fingerprint density at radius 2 is 1.74 bits per heavy atom. The SMILES string of the molecule is COc1ccc(CCN(C)c2cc(Cl)nc(SCC(=O)N3CCN(c4ccccc4Cl)CC3)n2)cc1OC. The molecule has 0 saturated carbocycles. The van der Waals surface area contributed by atoms with E-state index in [9.17, 15) is 4.79 Å². The van der Waals surface area contributed by atoms with Gasteiger partial charge in [0.25, 0.3) is 0 Å². The Balaban J connectivity index is 1.30. The summed E-state index contributed by atoms with van der Waals surface area (Å²) in [6.07, 6.45) is 0.777. The van der Waals surface area contributed by atoms with Gasteiger partial charge in [-0.1, -0.05) is 53.2 Å². The molecule has 0 bridgehead atoms. The Hall–Kier alpha value is -2.88. The van der Waals surface area contributed by atoms with Crippen LogP contribution in [-0.4, -0.2) is 80.5 Å². The van der Waals surface area contributed by atoms with E-state index in [0.717, 1.165) is 35.8 Å². The number of hydrogen-bond acceptors (Lipinski definition) is 8. The van der Waals surface area contributed by atoms with Crippen LogP contribution < -0.4 is 19.3 Å².